The summed E-state index contributed by atoms with van der Waals surface area (Å²) in [6.45, 7) is 7.39. The zero-order valence-electron chi connectivity index (χ0n) is 15.4. The van der Waals surface area contributed by atoms with Crippen LogP contribution in [0, 0.1) is 6.92 Å². The number of aromatic nitrogens is 3. The van der Waals surface area contributed by atoms with Crippen LogP contribution in [-0.4, -0.2) is 65.0 Å². The highest BCUT2D eigenvalue weighted by Gasteiger charge is 2.17. The van der Waals surface area contributed by atoms with Gasteiger partial charge in [-0.15, -0.1) is 11.3 Å². The standard InChI is InChI=1S/C19H23N5O2S/c1-14-11-16(19(25)20-4-5-23-6-8-26-9-7-23)17-12-21-24(18(17)22-14)13-15-3-2-10-27-15/h2-3,10-12H,4-9,13H2,1H3,(H,20,25). The highest BCUT2D eigenvalue weighted by atomic mass is 32.1. The van der Waals surface area contributed by atoms with Crippen LogP contribution < -0.4 is 5.32 Å². The fourth-order valence-corrected chi connectivity index (χ4v) is 3.96. The molecule has 1 aliphatic heterocycles. The van der Waals surface area contributed by atoms with Crippen LogP contribution in [0.15, 0.2) is 29.8 Å². The van der Waals surface area contributed by atoms with Gasteiger partial charge in [0.15, 0.2) is 5.65 Å². The first-order chi connectivity index (χ1) is 13.2. The Hall–Kier alpha value is -2.29. The SMILES string of the molecule is Cc1cc(C(=O)NCCN2CCOCC2)c2cnn(Cc3cccs3)c2n1. The molecule has 0 saturated carbocycles. The van der Waals surface area contributed by atoms with Gasteiger partial charge >= 0.3 is 0 Å². The van der Waals surface area contributed by atoms with Gasteiger partial charge in [0, 0.05) is 36.8 Å². The highest BCUT2D eigenvalue weighted by Crippen LogP contribution is 2.20. The number of nitrogens with zero attached hydrogens (tertiary/aromatic N) is 4. The van der Waals surface area contributed by atoms with Gasteiger partial charge in [0.1, 0.15) is 0 Å². The number of fused-ring (bicyclic) bond motifs is 1. The maximum atomic E-state index is 12.8. The van der Waals surface area contributed by atoms with Crippen LogP contribution in [0.2, 0.25) is 0 Å². The van der Waals surface area contributed by atoms with E-state index in [0.29, 0.717) is 18.7 Å². The van der Waals surface area contributed by atoms with Crippen molar-refractivity contribution in [2.45, 2.75) is 13.5 Å². The Balaban J connectivity index is 1.49. The van der Waals surface area contributed by atoms with Gasteiger partial charge in [-0.2, -0.15) is 5.10 Å². The topological polar surface area (TPSA) is 72.3 Å². The van der Waals surface area contributed by atoms with Crippen LogP contribution in [0.4, 0.5) is 0 Å². The molecule has 1 N–H and O–H groups in total. The number of rotatable bonds is 6. The maximum Gasteiger partial charge on any atom is 0.252 e. The van der Waals surface area contributed by atoms with E-state index in [-0.39, 0.29) is 5.91 Å². The first kappa shape index (κ1) is 18.1. The molecule has 27 heavy (non-hydrogen) atoms. The molecule has 3 aromatic heterocycles. The maximum absolute atomic E-state index is 12.8. The average Bonchev–Trinajstić information content (AvgIpc) is 3.33. The van der Waals surface area contributed by atoms with Crippen LogP contribution in [0.3, 0.4) is 0 Å². The first-order valence-electron chi connectivity index (χ1n) is 9.14. The monoisotopic (exact) mass is 385 g/mol. The number of hydrogen-bond acceptors (Lipinski definition) is 6. The molecule has 1 fully saturated rings. The molecule has 0 atom stereocenters. The third-order valence-corrected chi connectivity index (χ3v) is 5.55. The summed E-state index contributed by atoms with van der Waals surface area (Å²) in [7, 11) is 0. The number of thiophene rings is 1. The zero-order chi connectivity index (χ0) is 18.6. The molecule has 4 heterocycles. The fraction of sp³-hybridized carbons (Fsp3) is 0.421. The van der Waals surface area contributed by atoms with Gasteiger partial charge in [0.2, 0.25) is 0 Å². The molecule has 0 aromatic carbocycles. The van der Waals surface area contributed by atoms with Gasteiger partial charge in [0.05, 0.1) is 36.9 Å². The van der Waals surface area contributed by atoms with Crippen molar-refractivity contribution in [2.75, 3.05) is 39.4 Å². The summed E-state index contributed by atoms with van der Waals surface area (Å²) in [4.78, 5) is 20.9. The molecule has 1 saturated heterocycles. The van der Waals surface area contributed by atoms with E-state index in [9.17, 15) is 4.79 Å². The van der Waals surface area contributed by atoms with Crippen molar-refractivity contribution in [3.63, 3.8) is 0 Å². The molecular formula is C19H23N5O2S. The van der Waals surface area contributed by atoms with Crippen molar-refractivity contribution in [1.82, 2.24) is 25.0 Å². The lowest BCUT2D eigenvalue weighted by Gasteiger charge is -2.26. The van der Waals surface area contributed by atoms with E-state index in [1.54, 1.807) is 17.5 Å². The summed E-state index contributed by atoms with van der Waals surface area (Å²) in [5, 5.41) is 10.3. The van der Waals surface area contributed by atoms with Crippen LogP contribution in [0.25, 0.3) is 11.0 Å². The van der Waals surface area contributed by atoms with Crippen LogP contribution in [0.1, 0.15) is 20.9 Å². The molecule has 1 amide bonds. The Bertz CT molecular complexity index is 916. The van der Waals surface area contributed by atoms with E-state index in [1.807, 2.05) is 29.1 Å². The van der Waals surface area contributed by atoms with Gasteiger partial charge in [0.25, 0.3) is 5.91 Å². The molecular weight excluding hydrogens is 362 g/mol. The summed E-state index contributed by atoms with van der Waals surface area (Å²) in [6, 6.07) is 5.94. The van der Waals surface area contributed by atoms with Crippen molar-refractivity contribution in [1.29, 1.82) is 0 Å². The zero-order valence-corrected chi connectivity index (χ0v) is 16.2. The molecule has 7 nitrogen and oxygen atoms in total. The quantitative estimate of drug-likeness (QED) is 0.702. The van der Waals surface area contributed by atoms with Gasteiger partial charge in [-0.05, 0) is 24.4 Å². The second-order valence-electron chi connectivity index (χ2n) is 6.64. The van der Waals surface area contributed by atoms with E-state index in [2.05, 4.69) is 26.4 Å². The minimum atomic E-state index is -0.0746. The number of hydrogen-bond donors (Lipinski definition) is 1. The van der Waals surface area contributed by atoms with Crippen molar-refractivity contribution in [3.8, 4) is 0 Å². The molecule has 1 aliphatic rings. The summed E-state index contributed by atoms with van der Waals surface area (Å²) in [5.74, 6) is -0.0746. The Morgan fingerprint density at radius 1 is 1.37 bits per heavy atom. The van der Waals surface area contributed by atoms with E-state index < -0.39 is 0 Å². The normalized spacial score (nSPS) is 15.3. The summed E-state index contributed by atoms with van der Waals surface area (Å²) >= 11 is 1.69. The van der Waals surface area contributed by atoms with E-state index in [1.165, 1.54) is 4.88 Å². The predicted molar refractivity (Wildman–Crippen MR) is 105 cm³/mol. The average molecular weight is 385 g/mol. The molecule has 4 rings (SSSR count). The molecule has 0 spiro atoms. The Kier molecular flexibility index (Phi) is 5.47. The number of pyridine rings is 1. The fourth-order valence-electron chi connectivity index (χ4n) is 3.27. The Labute approximate surface area is 162 Å². The number of amides is 1. The molecule has 0 unspecified atom stereocenters. The van der Waals surface area contributed by atoms with Gasteiger partial charge in [-0.25, -0.2) is 9.67 Å². The number of ether oxygens (including phenoxy) is 1. The van der Waals surface area contributed by atoms with Crippen molar-refractivity contribution in [2.24, 2.45) is 0 Å². The Morgan fingerprint density at radius 2 is 2.22 bits per heavy atom. The first-order valence-corrected chi connectivity index (χ1v) is 10.0. The lowest BCUT2D eigenvalue weighted by Crippen LogP contribution is -2.41. The molecule has 0 bridgehead atoms. The van der Waals surface area contributed by atoms with Crippen molar-refractivity contribution in [3.05, 3.63) is 45.9 Å². The number of carbonyl (C=O) groups is 1. The van der Waals surface area contributed by atoms with Crippen molar-refractivity contribution >= 4 is 28.3 Å². The van der Waals surface area contributed by atoms with Gasteiger partial charge < -0.3 is 10.1 Å². The van der Waals surface area contributed by atoms with Crippen LogP contribution >= 0.6 is 11.3 Å². The van der Waals surface area contributed by atoms with E-state index in [4.69, 9.17) is 4.74 Å². The van der Waals surface area contributed by atoms with Gasteiger partial charge in [-0.3, -0.25) is 9.69 Å². The van der Waals surface area contributed by atoms with Crippen molar-refractivity contribution < 1.29 is 9.53 Å². The summed E-state index contributed by atoms with van der Waals surface area (Å²) in [6.07, 6.45) is 1.74. The van der Waals surface area contributed by atoms with Crippen LogP contribution in [-0.2, 0) is 11.3 Å². The van der Waals surface area contributed by atoms with E-state index >= 15 is 0 Å². The second kappa shape index (κ2) is 8.16. The lowest BCUT2D eigenvalue weighted by molar-refractivity contribution is 0.0383. The second-order valence-corrected chi connectivity index (χ2v) is 7.67. The molecule has 8 heteroatoms. The smallest absolute Gasteiger partial charge is 0.252 e. The predicted octanol–water partition coefficient (Wildman–Crippen LogP) is 1.91. The highest BCUT2D eigenvalue weighted by molar-refractivity contribution is 7.09. The van der Waals surface area contributed by atoms with E-state index in [0.717, 1.165) is 49.6 Å². The minimum absolute atomic E-state index is 0.0746. The number of nitrogens with one attached hydrogen (secondary N) is 1. The van der Waals surface area contributed by atoms with Crippen LogP contribution in [0.5, 0.6) is 0 Å². The molecule has 142 valence electrons. The third-order valence-electron chi connectivity index (χ3n) is 4.68. The minimum Gasteiger partial charge on any atom is -0.379 e. The third kappa shape index (κ3) is 4.18. The molecule has 3 aromatic rings. The number of morpholine rings is 1. The Morgan fingerprint density at radius 3 is 3.00 bits per heavy atom. The lowest BCUT2D eigenvalue weighted by atomic mass is 10.1. The molecule has 0 aliphatic carbocycles. The molecule has 0 radical (unpaired) electrons. The summed E-state index contributed by atoms with van der Waals surface area (Å²) in [5.41, 5.74) is 2.20. The number of aryl methyl sites for hydroxylation is 1. The number of carbonyl (C=O) groups excluding carboxylic acids is 1. The van der Waals surface area contributed by atoms with Gasteiger partial charge in [-0.1, -0.05) is 6.07 Å². The largest absolute Gasteiger partial charge is 0.379 e. The summed E-state index contributed by atoms with van der Waals surface area (Å²) < 4.78 is 7.21.